The molecule has 0 heterocycles. The van der Waals surface area contributed by atoms with Crippen molar-refractivity contribution in [1.82, 2.24) is 0 Å². The Morgan fingerprint density at radius 2 is 1.78 bits per heavy atom. The summed E-state index contributed by atoms with van der Waals surface area (Å²) in [4.78, 5) is 12.3. The quantitative estimate of drug-likeness (QED) is 0.640. The molecule has 18 heavy (non-hydrogen) atoms. The first-order valence-corrected chi connectivity index (χ1v) is 6.58. The largest absolute Gasteiger partial charge is 0.399 e. The number of nitrogen functional groups attached to an aromatic ring is 1. The topological polar surface area (TPSA) is 43.1 Å². The summed E-state index contributed by atoms with van der Waals surface area (Å²) in [5.74, 6) is -0.138. The molecular formula is C13H8BrCl2NO. The van der Waals surface area contributed by atoms with Gasteiger partial charge in [-0.25, -0.2) is 0 Å². The SMILES string of the molecule is Nc1ccc(C(=O)c2ccc(Cl)c(Cl)c2)c(Br)c1. The summed E-state index contributed by atoms with van der Waals surface area (Å²) in [5.41, 5.74) is 7.23. The second-order valence-electron chi connectivity index (χ2n) is 3.70. The molecule has 0 radical (unpaired) electrons. The molecule has 2 N–H and O–H groups in total. The van der Waals surface area contributed by atoms with Crippen LogP contribution in [0, 0.1) is 0 Å². The van der Waals surface area contributed by atoms with Gasteiger partial charge in [-0.1, -0.05) is 23.2 Å². The van der Waals surface area contributed by atoms with Crippen molar-refractivity contribution < 1.29 is 4.79 Å². The van der Waals surface area contributed by atoms with E-state index in [-0.39, 0.29) is 5.78 Å². The van der Waals surface area contributed by atoms with Crippen LogP contribution in [0.1, 0.15) is 15.9 Å². The first-order chi connectivity index (χ1) is 8.49. The van der Waals surface area contributed by atoms with Crippen LogP contribution < -0.4 is 5.73 Å². The molecular weight excluding hydrogens is 337 g/mol. The highest BCUT2D eigenvalue weighted by atomic mass is 79.9. The molecule has 0 bridgehead atoms. The van der Waals surface area contributed by atoms with Crippen molar-refractivity contribution in [3.8, 4) is 0 Å². The van der Waals surface area contributed by atoms with Gasteiger partial charge in [-0.15, -0.1) is 0 Å². The van der Waals surface area contributed by atoms with Gasteiger partial charge in [-0.2, -0.15) is 0 Å². The summed E-state index contributed by atoms with van der Waals surface area (Å²) in [6.07, 6.45) is 0. The highest BCUT2D eigenvalue weighted by molar-refractivity contribution is 9.10. The molecule has 2 aromatic rings. The van der Waals surface area contributed by atoms with Crippen LogP contribution in [-0.2, 0) is 0 Å². The lowest BCUT2D eigenvalue weighted by Crippen LogP contribution is -2.03. The Morgan fingerprint density at radius 1 is 1.06 bits per heavy atom. The Kier molecular flexibility index (Phi) is 3.95. The summed E-state index contributed by atoms with van der Waals surface area (Å²) in [7, 11) is 0. The van der Waals surface area contributed by atoms with E-state index >= 15 is 0 Å². The van der Waals surface area contributed by atoms with Gasteiger partial charge in [0.05, 0.1) is 10.0 Å². The van der Waals surface area contributed by atoms with E-state index in [1.165, 1.54) is 0 Å². The molecule has 0 amide bonds. The average molecular weight is 345 g/mol. The first kappa shape index (κ1) is 13.4. The minimum absolute atomic E-state index is 0.138. The normalized spacial score (nSPS) is 10.4. The molecule has 0 saturated heterocycles. The third kappa shape index (κ3) is 2.69. The highest BCUT2D eigenvalue weighted by Gasteiger charge is 2.13. The van der Waals surface area contributed by atoms with Crippen molar-refractivity contribution in [2.45, 2.75) is 0 Å². The highest BCUT2D eigenvalue weighted by Crippen LogP contribution is 2.26. The maximum Gasteiger partial charge on any atom is 0.194 e. The molecule has 2 nitrogen and oxygen atoms in total. The van der Waals surface area contributed by atoms with Gasteiger partial charge in [-0.05, 0) is 52.3 Å². The molecule has 0 atom stereocenters. The number of nitrogens with two attached hydrogens (primary N) is 1. The predicted octanol–water partition coefficient (Wildman–Crippen LogP) is 4.57. The number of rotatable bonds is 2. The van der Waals surface area contributed by atoms with Gasteiger partial charge in [0, 0.05) is 21.3 Å². The van der Waals surface area contributed by atoms with Gasteiger partial charge in [0.25, 0.3) is 0 Å². The number of benzene rings is 2. The van der Waals surface area contributed by atoms with Crippen molar-refractivity contribution in [3.05, 3.63) is 62.0 Å². The number of ketones is 1. The van der Waals surface area contributed by atoms with Crippen LogP contribution in [0.25, 0.3) is 0 Å². The third-order valence-corrected chi connectivity index (χ3v) is 3.81. The molecule has 5 heteroatoms. The van der Waals surface area contributed by atoms with Gasteiger partial charge < -0.3 is 5.73 Å². The summed E-state index contributed by atoms with van der Waals surface area (Å²) >= 11 is 15.0. The predicted molar refractivity (Wildman–Crippen MR) is 78.4 cm³/mol. The molecule has 0 fully saturated rings. The maximum absolute atomic E-state index is 12.3. The number of hydrogen-bond acceptors (Lipinski definition) is 2. The average Bonchev–Trinajstić information content (AvgIpc) is 2.32. The minimum Gasteiger partial charge on any atom is -0.399 e. The summed E-state index contributed by atoms with van der Waals surface area (Å²) in [5, 5.41) is 0.777. The van der Waals surface area contributed by atoms with Gasteiger partial charge >= 0.3 is 0 Å². The monoisotopic (exact) mass is 343 g/mol. The summed E-state index contributed by atoms with van der Waals surface area (Å²) < 4.78 is 0.651. The Hall–Kier alpha value is -1.03. The fourth-order valence-corrected chi connectivity index (χ4v) is 2.38. The molecule has 0 aliphatic heterocycles. The van der Waals surface area contributed by atoms with Gasteiger partial charge in [0.2, 0.25) is 0 Å². The lowest BCUT2D eigenvalue weighted by molar-refractivity contribution is 0.103. The van der Waals surface area contributed by atoms with E-state index in [4.69, 9.17) is 28.9 Å². The van der Waals surface area contributed by atoms with Crippen molar-refractivity contribution in [2.24, 2.45) is 0 Å². The van der Waals surface area contributed by atoms with E-state index in [0.717, 1.165) is 0 Å². The van der Waals surface area contributed by atoms with E-state index in [1.807, 2.05) is 0 Å². The maximum atomic E-state index is 12.3. The molecule has 2 rings (SSSR count). The second-order valence-corrected chi connectivity index (χ2v) is 5.37. The lowest BCUT2D eigenvalue weighted by atomic mass is 10.0. The first-order valence-electron chi connectivity index (χ1n) is 5.04. The zero-order valence-corrected chi connectivity index (χ0v) is 12.2. The van der Waals surface area contributed by atoms with Crippen LogP contribution in [0.5, 0.6) is 0 Å². The molecule has 0 aliphatic carbocycles. The van der Waals surface area contributed by atoms with Crippen LogP contribution in [0.2, 0.25) is 10.0 Å². The van der Waals surface area contributed by atoms with E-state index in [1.54, 1.807) is 36.4 Å². The zero-order valence-electron chi connectivity index (χ0n) is 9.08. The zero-order chi connectivity index (χ0) is 13.3. The van der Waals surface area contributed by atoms with Crippen molar-refractivity contribution in [2.75, 3.05) is 5.73 Å². The Balaban J connectivity index is 2.44. The third-order valence-electron chi connectivity index (χ3n) is 2.42. The number of halogens is 3. The Bertz CT molecular complexity index is 628. The fraction of sp³-hybridized carbons (Fsp3) is 0. The van der Waals surface area contributed by atoms with Crippen LogP contribution in [-0.4, -0.2) is 5.78 Å². The van der Waals surface area contributed by atoms with Crippen molar-refractivity contribution in [3.63, 3.8) is 0 Å². The van der Waals surface area contributed by atoms with Crippen LogP contribution in [0.15, 0.2) is 40.9 Å². The van der Waals surface area contributed by atoms with Crippen LogP contribution in [0.3, 0.4) is 0 Å². The van der Waals surface area contributed by atoms with Crippen LogP contribution >= 0.6 is 39.1 Å². The van der Waals surface area contributed by atoms with E-state index in [9.17, 15) is 4.79 Å². The molecule has 0 spiro atoms. The van der Waals surface area contributed by atoms with Crippen molar-refractivity contribution >= 4 is 50.6 Å². The number of carbonyl (C=O) groups excluding carboxylic acids is 1. The van der Waals surface area contributed by atoms with E-state index in [2.05, 4.69) is 15.9 Å². The van der Waals surface area contributed by atoms with E-state index < -0.39 is 0 Å². The molecule has 0 saturated carbocycles. The van der Waals surface area contributed by atoms with Crippen LogP contribution in [0.4, 0.5) is 5.69 Å². The molecule has 0 aliphatic rings. The summed E-state index contributed by atoms with van der Waals surface area (Å²) in [6.45, 7) is 0. The van der Waals surface area contributed by atoms with Crippen molar-refractivity contribution in [1.29, 1.82) is 0 Å². The van der Waals surface area contributed by atoms with Gasteiger partial charge in [-0.3, -0.25) is 4.79 Å². The van der Waals surface area contributed by atoms with Gasteiger partial charge in [0.1, 0.15) is 0 Å². The Morgan fingerprint density at radius 3 is 2.39 bits per heavy atom. The number of anilines is 1. The fourth-order valence-electron chi connectivity index (χ4n) is 1.51. The minimum atomic E-state index is -0.138. The van der Waals surface area contributed by atoms with E-state index in [0.29, 0.717) is 31.3 Å². The van der Waals surface area contributed by atoms with Gasteiger partial charge in [0.15, 0.2) is 5.78 Å². The second kappa shape index (κ2) is 5.31. The smallest absolute Gasteiger partial charge is 0.194 e. The Labute approximate surface area is 123 Å². The number of carbonyl (C=O) groups is 1. The molecule has 0 unspecified atom stereocenters. The molecule has 0 aromatic heterocycles. The standard InChI is InChI=1S/C13H8BrCl2NO/c14-10-6-8(17)2-3-9(10)13(18)7-1-4-11(15)12(16)5-7/h1-6H,17H2. The summed E-state index contributed by atoms with van der Waals surface area (Å²) in [6, 6.07) is 9.82. The lowest BCUT2D eigenvalue weighted by Gasteiger charge is -2.06. The number of hydrogen-bond donors (Lipinski definition) is 1. The molecule has 92 valence electrons. The molecule has 2 aromatic carbocycles.